The second-order valence-corrected chi connectivity index (χ2v) is 7.02. The number of aromatic nitrogens is 1. The number of nitrogens with one attached hydrogen (secondary N) is 1. The van der Waals surface area contributed by atoms with Crippen molar-refractivity contribution in [3.63, 3.8) is 0 Å². The smallest absolute Gasteiger partial charge is 0.253 e. The summed E-state index contributed by atoms with van der Waals surface area (Å²) >= 11 is 0. The normalized spacial score (nSPS) is 18.6. The fourth-order valence-electron chi connectivity index (χ4n) is 4.09. The number of likely N-dealkylation sites (tertiary alicyclic amines) is 1. The number of piperidine rings is 1. The van der Waals surface area contributed by atoms with Gasteiger partial charge in [-0.1, -0.05) is 0 Å². The van der Waals surface area contributed by atoms with Gasteiger partial charge in [0.25, 0.3) is 5.91 Å². The summed E-state index contributed by atoms with van der Waals surface area (Å²) in [7, 11) is 0. The van der Waals surface area contributed by atoms with E-state index in [4.69, 9.17) is 5.73 Å². The van der Waals surface area contributed by atoms with Crippen LogP contribution in [-0.4, -0.2) is 34.8 Å². The Morgan fingerprint density at radius 3 is 2.62 bits per heavy atom. The van der Waals surface area contributed by atoms with Crippen molar-refractivity contribution in [1.82, 2.24) is 9.88 Å². The van der Waals surface area contributed by atoms with E-state index < -0.39 is 0 Å². The predicted octanol–water partition coefficient (Wildman–Crippen LogP) is 2.38. The van der Waals surface area contributed by atoms with Crippen molar-refractivity contribution in [2.24, 2.45) is 11.7 Å². The second kappa shape index (κ2) is 5.96. The molecule has 0 radical (unpaired) electrons. The van der Waals surface area contributed by atoms with Crippen molar-refractivity contribution < 1.29 is 9.59 Å². The van der Waals surface area contributed by atoms with Gasteiger partial charge in [0, 0.05) is 41.2 Å². The molecule has 0 spiro atoms. The van der Waals surface area contributed by atoms with Crippen LogP contribution in [0.2, 0.25) is 0 Å². The Morgan fingerprint density at radius 1 is 1.12 bits per heavy atom. The number of primary amides is 1. The van der Waals surface area contributed by atoms with Crippen LogP contribution in [0.5, 0.6) is 0 Å². The van der Waals surface area contributed by atoms with Crippen molar-refractivity contribution >= 4 is 22.7 Å². The van der Waals surface area contributed by atoms with Gasteiger partial charge in [-0.2, -0.15) is 0 Å². The lowest BCUT2D eigenvalue weighted by Crippen LogP contribution is -2.41. The van der Waals surface area contributed by atoms with E-state index in [-0.39, 0.29) is 17.7 Å². The molecule has 2 aromatic rings. The maximum atomic E-state index is 12.8. The number of rotatable bonds is 2. The number of hydrogen-bond donors (Lipinski definition) is 2. The zero-order valence-electron chi connectivity index (χ0n) is 13.8. The fourth-order valence-corrected chi connectivity index (χ4v) is 4.09. The maximum absolute atomic E-state index is 12.8. The molecule has 0 atom stereocenters. The molecule has 1 aliphatic heterocycles. The molecule has 0 unspecified atom stereocenters. The quantitative estimate of drug-likeness (QED) is 0.889. The number of aromatic amines is 1. The highest BCUT2D eigenvalue weighted by molar-refractivity contribution is 5.99. The summed E-state index contributed by atoms with van der Waals surface area (Å²) in [5.74, 6) is -0.277. The number of aryl methyl sites for hydroxylation is 2. The zero-order valence-corrected chi connectivity index (χ0v) is 13.8. The minimum absolute atomic E-state index is 0.0607. The van der Waals surface area contributed by atoms with E-state index >= 15 is 0 Å². The first-order valence-corrected chi connectivity index (χ1v) is 8.85. The fraction of sp³-hybridized carbons (Fsp3) is 0.474. The summed E-state index contributed by atoms with van der Waals surface area (Å²) in [6.45, 7) is 1.21. The van der Waals surface area contributed by atoms with Gasteiger partial charge in [0.15, 0.2) is 0 Å². The Labute approximate surface area is 141 Å². The molecule has 24 heavy (non-hydrogen) atoms. The van der Waals surface area contributed by atoms with Crippen LogP contribution < -0.4 is 5.73 Å². The number of carbonyl (C=O) groups excluding carboxylic acids is 2. The van der Waals surface area contributed by atoms with Crippen LogP contribution in [0.4, 0.5) is 0 Å². The lowest BCUT2D eigenvalue weighted by atomic mass is 9.94. The topological polar surface area (TPSA) is 79.2 Å². The summed E-state index contributed by atoms with van der Waals surface area (Å²) in [6, 6.07) is 5.97. The first kappa shape index (κ1) is 15.2. The van der Waals surface area contributed by atoms with Crippen LogP contribution in [0, 0.1) is 5.92 Å². The van der Waals surface area contributed by atoms with Gasteiger partial charge in [-0.05, 0) is 62.3 Å². The number of fused-ring (bicyclic) bond motifs is 3. The van der Waals surface area contributed by atoms with Crippen molar-refractivity contribution in [2.75, 3.05) is 13.1 Å². The molecule has 1 aromatic carbocycles. The van der Waals surface area contributed by atoms with E-state index in [0.717, 1.165) is 23.9 Å². The van der Waals surface area contributed by atoms with Crippen molar-refractivity contribution in [1.29, 1.82) is 0 Å². The molecule has 4 rings (SSSR count). The molecular formula is C19H23N3O2. The SMILES string of the molecule is NC(=O)C1CCN(C(=O)c2ccc3[nH]c4c(c3c2)CCCC4)CC1. The molecule has 2 amide bonds. The second-order valence-electron chi connectivity index (χ2n) is 7.02. The maximum Gasteiger partial charge on any atom is 0.253 e. The average Bonchev–Trinajstić information content (AvgIpc) is 2.99. The highest BCUT2D eigenvalue weighted by Crippen LogP contribution is 2.30. The Kier molecular flexibility index (Phi) is 3.79. The molecule has 1 fully saturated rings. The van der Waals surface area contributed by atoms with Crippen molar-refractivity contribution in [3.05, 3.63) is 35.0 Å². The summed E-state index contributed by atoms with van der Waals surface area (Å²) in [5.41, 5.74) is 9.97. The Balaban J connectivity index is 1.58. The first-order valence-electron chi connectivity index (χ1n) is 8.85. The van der Waals surface area contributed by atoms with Gasteiger partial charge in [-0.15, -0.1) is 0 Å². The molecule has 5 nitrogen and oxygen atoms in total. The lowest BCUT2D eigenvalue weighted by Gasteiger charge is -2.30. The molecular weight excluding hydrogens is 302 g/mol. The average molecular weight is 325 g/mol. The summed E-state index contributed by atoms with van der Waals surface area (Å²) in [5, 5.41) is 1.20. The van der Waals surface area contributed by atoms with E-state index in [1.165, 1.54) is 29.5 Å². The van der Waals surface area contributed by atoms with E-state index in [2.05, 4.69) is 4.98 Å². The molecule has 2 heterocycles. The van der Waals surface area contributed by atoms with E-state index in [1.54, 1.807) is 0 Å². The van der Waals surface area contributed by atoms with Crippen LogP contribution in [0.1, 0.15) is 47.3 Å². The van der Waals surface area contributed by atoms with Crippen LogP contribution in [0.3, 0.4) is 0 Å². The molecule has 126 valence electrons. The summed E-state index contributed by atoms with van der Waals surface area (Å²) in [4.78, 5) is 29.4. The van der Waals surface area contributed by atoms with Gasteiger partial charge in [-0.3, -0.25) is 9.59 Å². The van der Waals surface area contributed by atoms with Gasteiger partial charge >= 0.3 is 0 Å². The van der Waals surface area contributed by atoms with Crippen LogP contribution in [-0.2, 0) is 17.6 Å². The molecule has 5 heteroatoms. The lowest BCUT2D eigenvalue weighted by molar-refractivity contribution is -0.123. The van der Waals surface area contributed by atoms with Crippen molar-refractivity contribution in [2.45, 2.75) is 38.5 Å². The Morgan fingerprint density at radius 2 is 1.88 bits per heavy atom. The number of nitrogens with zero attached hydrogens (tertiary/aromatic N) is 1. The number of hydrogen-bond acceptors (Lipinski definition) is 2. The van der Waals surface area contributed by atoms with Crippen LogP contribution >= 0.6 is 0 Å². The number of benzene rings is 1. The largest absolute Gasteiger partial charge is 0.369 e. The molecule has 1 aliphatic carbocycles. The Hall–Kier alpha value is -2.30. The van der Waals surface area contributed by atoms with Crippen LogP contribution in [0.15, 0.2) is 18.2 Å². The number of carbonyl (C=O) groups is 2. The summed E-state index contributed by atoms with van der Waals surface area (Å²) < 4.78 is 0. The third-order valence-electron chi connectivity index (χ3n) is 5.53. The number of amides is 2. The highest BCUT2D eigenvalue weighted by atomic mass is 16.2. The van der Waals surface area contributed by atoms with Gasteiger partial charge < -0.3 is 15.6 Å². The van der Waals surface area contributed by atoms with E-state index in [1.807, 2.05) is 23.1 Å². The van der Waals surface area contributed by atoms with E-state index in [0.29, 0.717) is 25.9 Å². The minimum Gasteiger partial charge on any atom is -0.369 e. The standard InChI is InChI=1S/C19H23N3O2/c20-18(23)12-7-9-22(10-8-12)19(24)13-5-6-17-15(11-13)14-3-1-2-4-16(14)21-17/h5-6,11-12,21H,1-4,7-10H2,(H2,20,23). The van der Waals surface area contributed by atoms with Gasteiger partial charge in [0.2, 0.25) is 5.91 Å². The molecule has 0 bridgehead atoms. The zero-order chi connectivity index (χ0) is 16.7. The summed E-state index contributed by atoms with van der Waals surface area (Å²) in [6.07, 6.45) is 6.00. The van der Waals surface area contributed by atoms with Gasteiger partial charge in [0.05, 0.1) is 0 Å². The van der Waals surface area contributed by atoms with Crippen molar-refractivity contribution in [3.8, 4) is 0 Å². The van der Waals surface area contributed by atoms with E-state index in [9.17, 15) is 9.59 Å². The van der Waals surface area contributed by atoms with Gasteiger partial charge in [-0.25, -0.2) is 0 Å². The van der Waals surface area contributed by atoms with Crippen LogP contribution in [0.25, 0.3) is 10.9 Å². The molecule has 1 aromatic heterocycles. The minimum atomic E-state index is -0.248. The Bertz CT molecular complexity index is 800. The predicted molar refractivity (Wildman–Crippen MR) is 92.8 cm³/mol. The number of nitrogens with two attached hydrogens (primary N) is 1. The molecule has 0 saturated carbocycles. The highest BCUT2D eigenvalue weighted by Gasteiger charge is 2.27. The first-order chi connectivity index (χ1) is 11.6. The molecule has 3 N–H and O–H groups in total. The monoisotopic (exact) mass is 325 g/mol. The number of H-pyrrole nitrogens is 1. The third-order valence-corrected chi connectivity index (χ3v) is 5.53. The third kappa shape index (κ3) is 2.58. The molecule has 1 saturated heterocycles. The molecule has 2 aliphatic rings. The van der Waals surface area contributed by atoms with Gasteiger partial charge in [0.1, 0.15) is 0 Å².